The van der Waals surface area contributed by atoms with Crippen molar-refractivity contribution in [3.05, 3.63) is 29.3 Å². The molecule has 0 atom stereocenters. The number of hydrogen-bond donors (Lipinski definition) is 2. The minimum absolute atomic E-state index is 0.0922. The quantitative estimate of drug-likeness (QED) is 0.811. The number of ether oxygens (including phenoxy) is 1. The Morgan fingerprint density at radius 3 is 2.36 bits per heavy atom. The number of amides is 1. The van der Waals surface area contributed by atoms with E-state index in [1.165, 1.54) is 0 Å². The van der Waals surface area contributed by atoms with Gasteiger partial charge in [0.2, 0.25) is 10.0 Å². The molecule has 2 N–H and O–H groups in total. The normalized spacial score (nSPS) is 12.0. The molecule has 1 rings (SSSR count). The third kappa shape index (κ3) is 6.03. The van der Waals surface area contributed by atoms with Crippen LogP contribution in [0.3, 0.4) is 0 Å². The van der Waals surface area contributed by atoms with E-state index in [0.29, 0.717) is 5.56 Å². The zero-order valence-corrected chi connectivity index (χ0v) is 14.5. The zero-order chi connectivity index (χ0) is 17.0. The Morgan fingerprint density at radius 1 is 1.18 bits per heavy atom. The number of aryl methyl sites for hydroxylation is 2. The molecule has 0 aliphatic rings. The van der Waals surface area contributed by atoms with Gasteiger partial charge in [-0.2, -0.15) is 0 Å². The van der Waals surface area contributed by atoms with E-state index in [1.54, 1.807) is 39.8 Å². The largest absolute Gasteiger partial charge is 0.444 e. The van der Waals surface area contributed by atoms with E-state index in [2.05, 4.69) is 10.0 Å². The summed E-state index contributed by atoms with van der Waals surface area (Å²) < 4.78 is 31.9. The topological polar surface area (TPSA) is 84.5 Å². The van der Waals surface area contributed by atoms with Crippen molar-refractivity contribution in [2.45, 2.75) is 45.1 Å². The van der Waals surface area contributed by atoms with Gasteiger partial charge in [0.15, 0.2) is 0 Å². The van der Waals surface area contributed by atoms with Crippen molar-refractivity contribution in [2.24, 2.45) is 0 Å². The molecule has 124 valence electrons. The minimum Gasteiger partial charge on any atom is -0.444 e. The van der Waals surface area contributed by atoms with Gasteiger partial charge >= 0.3 is 6.09 Å². The van der Waals surface area contributed by atoms with Crippen LogP contribution in [0.4, 0.5) is 4.79 Å². The average Bonchev–Trinajstić information content (AvgIpc) is 2.32. The van der Waals surface area contributed by atoms with Crippen LogP contribution in [0.25, 0.3) is 0 Å². The predicted octanol–water partition coefficient (Wildman–Crippen LogP) is 2.11. The first-order valence-corrected chi connectivity index (χ1v) is 8.53. The van der Waals surface area contributed by atoms with Crippen LogP contribution >= 0.6 is 0 Å². The lowest BCUT2D eigenvalue weighted by Gasteiger charge is -2.19. The summed E-state index contributed by atoms with van der Waals surface area (Å²) in [7, 11) is -3.58. The fourth-order valence-corrected chi connectivity index (χ4v) is 3.10. The van der Waals surface area contributed by atoms with Gasteiger partial charge in [-0.25, -0.2) is 17.9 Å². The second-order valence-corrected chi connectivity index (χ2v) is 7.83. The smallest absolute Gasteiger partial charge is 0.407 e. The second kappa shape index (κ2) is 7.11. The molecule has 0 spiro atoms. The fraction of sp³-hybridized carbons (Fsp3) is 0.533. The minimum atomic E-state index is -3.58. The molecule has 1 aromatic rings. The highest BCUT2D eigenvalue weighted by Crippen LogP contribution is 2.15. The molecule has 7 heteroatoms. The first-order valence-electron chi connectivity index (χ1n) is 7.05. The molecule has 0 radical (unpaired) electrons. The van der Waals surface area contributed by atoms with Crippen molar-refractivity contribution >= 4 is 16.1 Å². The van der Waals surface area contributed by atoms with Crippen LogP contribution in [0.2, 0.25) is 0 Å². The Balaban J connectivity index is 2.52. The van der Waals surface area contributed by atoms with E-state index in [4.69, 9.17) is 4.74 Å². The maximum atomic E-state index is 12.2. The van der Waals surface area contributed by atoms with Crippen LogP contribution < -0.4 is 10.0 Å². The van der Waals surface area contributed by atoms with E-state index in [1.807, 2.05) is 13.0 Å². The molecular formula is C15H24N2O4S. The zero-order valence-electron chi connectivity index (χ0n) is 13.7. The maximum absolute atomic E-state index is 12.2. The molecule has 0 saturated heterocycles. The number of carbonyl (C=O) groups excluding carboxylic acids is 1. The number of nitrogens with one attached hydrogen (secondary N) is 2. The Bertz CT molecular complexity index is 633. The van der Waals surface area contributed by atoms with E-state index in [0.717, 1.165) is 5.56 Å². The summed E-state index contributed by atoms with van der Waals surface area (Å²) in [6, 6.07) is 5.14. The molecule has 22 heavy (non-hydrogen) atoms. The number of hydrogen-bond acceptors (Lipinski definition) is 4. The fourth-order valence-electron chi connectivity index (χ4n) is 1.84. The van der Waals surface area contributed by atoms with Crippen molar-refractivity contribution in [2.75, 3.05) is 13.1 Å². The number of carbonyl (C=O) groups is 1. The first kappa shape index (κ1) is 18.4. The van der Waals surface area contributed by atoms with Gasteiger partial charge < -0.3 is 10.1 Å². The SMILES string of the molecule is Cc1ccc(S(=O)(=O)NCCNC(=O)OC(C)(C)C)c(C)c1. The highest BCUT2D eigenvalue weighted by Gasteiger charge is 2.17. The number of alkyl carbamates (subject to hydrolysis) is 1. The summed E-state index contributed by atoms with van der Waals surface area (Å²) >= 11 is 0. The first-order chi connectivity index (χ1) is 10.0. The second-order valence-electron chi connectivity index (χ2n) is 6.10. The molecule has 0 unspecified atom stereocenters. The molecular weight excluding hydrogens is 304 g/mol. The maximum Gasteiger partial charge on any atom is 0.407 e. The predicted molar refractivity (Wildman–Crippen MR) is 85.3 cm³/mol. The lowest BCUT2D eigenvalue weighted by Crippen LogP contribution is -2.38. The third-order valence-corrected chi connectivity index (χ3v) is 4.33. The summed E-state index contributed by atoms with van der Waals surface area (Å²) in [4.78, 5) is 11.7. The Labute approximate surface area is 132 Å². The average molecular weight is 328 g/mol. The summed E-state index contributed by atoms with van der Waals surface area (Å²) in [6.45, 7) is 9.18. The third-order valence-electron chi connectivity index (χ3n) is 2.71. The molecule has 0 fully saturated rings. The van der Waals surface area contributed by atoms with Crippen LogP contribution in [0.1, 0.15) is 31.9 Å². The van der Waals surface area contributed by atoms with Crippen LogP contribution in [0.5, 0.6) is 0 Å². The van der Waals surface area contributed by atoms with Crippen molar-refractivity contribution in [1.82, 2.24) is 10.0 Å². The molecule has 0 aliphatic heterocycles. The molecule has 0 aliphatic carbocycles. The van der Waals surface area contributed by atoms with E-state index in [-0.39, 0.29) is 18.0 Å². The van der Waals surface area contributed by atoms with Crippen LogP contribution in [0, 0.1) is 13.8 Å². The van der Waals surface area contributed by atoms with Gasteiger partial charge in [0.05, 0.1) is 4.90 Å². The monoisotopic (exact) mass is 328 g/mol. The van der Waals surface area contributed by atoms with Crippen molar-refractivity contribution < 1.29 is 17.9 Å². The lowest BCUT2D eigenvalue weighted by atomic mass is 10.2. The van der Waals surface area contributed by atoms with Gasteiger partial charge in [-0.15, -0.1) is 0 Å². The van der Waals surface area contributed by atoms with Crippen molar-refractivity contribution in [3.63, 3.8) is 0 Å². The van der Waals surface area contributed by atoms with Crippen molar-refractivity contribution in [1.29, 1.82) is 0 Å². The van der Waals surface area contributed by atoms with Gasteiger partial charge in [-0.05, 0) is 46.2 Å². The molecule has 1 aromatic carbocycles. The van der Waals surface area contributed by atoms with Gasteiger partial charge in [0.1, 0.15) is 5.60 Å². The molecule has 0 bridgehead atoms. The van der Waals surface area contributed by atoms with Crippen LogP contribution in [-0.2, 0) is 14.8 Å². The number of benzene rings is 1. The van der Waals surface area contributed by atoms with Crippen LogP contribution in [-0.4, -0.2) is 33.2 Å². The summed E-state index contributed by atoms with van der Waals surface area (Å²) in [5.41, 5.74) is 1.11. The van der Waals surface area contributed by atoms with Gasteiger partial charge in [0.25, 0.3) is 0 Å². The van der Waals surface area contributed by atoms with Gasteiger partial charge in [-0.3, -0.25) is 0 Å². The van der Waals surface area contributed by atoms with Crippen molar-refractivity contribution in [3.8, 4) is 0 Å². The molecule has 0 aromatic heterocycles. The summed E-state index contributed by atoms with van der Waals surface area (Å²) in [5.74, 6) is 0. The van der Waals surface area contributed by atoms with Gasteiger partial charge in [-0.1, -0.05) is 17.7 Å². The summed E-state index contributed by atoms with van der Waals surface area (Å²) in [5, 5.41) is 2.50. The molecule has 1 amide bonds. The molecule has 0 heterocycles. The number of sulfonamides is 1. The highest BCUT2D eigenvalue weighted by molar-refractivity contribution is 7.89. The standard InChI is InChI=1S/C15H24N2O4S/c1-11-6-7-13(12(2)10-11)22(19,20)17-9-8-16-14(18)21-15(3,4)5/h6-7,10,17H,8-9H2,1-5H3,(H,16,18). The highest BCUT2D eigenvalue weighted by atomic mass is 32.2. The number of rotatable bonds is 5. The van der Waals surface area contributed by atoms with E-state index < -0.39 is 21.7 Å². The Morgan fingerprint density at radius 2 is 1.82 bits per heavy atom. The van der Waals surface area contributed by atoms with E-state index >= 15 is 0 Å². The Kier molecular flexibility index (Phi) is 5.96. The summed E-state index contributed by atoms with van der Waals surface area (Å²) in [6.07, 6.45) is -0.571. The Hall–Kier alpha value is -1.60. The van der Waals surface area contributed by atoms with E-state index in [9.17, 15) is 13.2 Å². The lowest BCUT2D eigenvalue weighted by molar-refractivity contribution is 0.0529. The molecule has 0 saturated carbocycles. The molecule has 6 nitrogen and oxygen atoms in total. The van der Waals surface area contributed by atoms with Gasteiger partial charge in [0, 0.05) is 13.1 Å². The van der Waals surface area contributed by atoms with Crippen LogP contribution in [0.15, 0.2) is 23.1 Å².